The molecule has 1 heterocycles. The van der Waals surface area contributed by atoms with Gasteiger partial charge in [0, 0.05) is 6.54 Å². The molecule has 0 fully saturated rings. The van der Waals surface area contributed by atoms with Crippen LogP contribution in [-0.2, 0) is 11.2 Å². The van der Waals surface area contributed by atoms with E-state index < -0.39 is 17.7 Å². The van der Waals surface area contributed by atoms with Crippen molar-refractivity contribution < 1.29 is 14.3 Å². The van der Waals surface area contributed by atoms with Crippen molar-refractivity contribution in [1.82, 2.24) is 20.7 Å². The zero-order chi connectivity index (χ0) is 16.7. The zero-order valence-corrected chi connectivity index (χ0v) is 12.8. The fraction of sp³-hybridized carbons (Fsp3) is 0.333. The van der Waals surface area contributed by atoms with E-state index in [1.165, 1.54) is 6.20 Å². The maximum absolute atomic E-state index is 11.8. The van der Waals surface area contributed by atoms with Gasteiger partial charge in [0.15, 0.2) is 5.69 Å². The van der Waals surface area contributed by atoms with Gasteiger partial charge in [-0.2, -0.15) is 15.4 Å². The lowest BCUT2D eigenvalue weighted by molar-refractivity contribution is -0.121. The van der Waals surface area contributed by atoms with Gasteiger partial charge >= 0.3 is 0 Å². The number of ether oxygens (including phenoxy) is 1. The molecule has 2 rings (SSSR count). The maximum Gasteiger partial charge on any atom is 0.273 e. The van der Waals surface area contributed by atoms with Gasteiger partial charge in [-0.25, -0.2) is 0 Å². The first kappa shape index (κ1) is 16.5. The Hall–Kier alpha value is -2.90. The Morgan fingerprint density at radius 3 is 2.65 bits per heavy atom. The van der Waals surface area contributed by atoms with Crippen molar-refractivity contribution in [2.75, 3.05) is 13.2 Å². The fourth-order valence-corrected chi connectivity index (χ4v) is 2.06. The van der Waals surface area contributed by atoms with E-state index in [1.807, 2.05) is 31.2 Å². The van der Waals surface area contributed by atoms with Crippen molar-refractivity contribution in [1.29, 1.82) is 0 Å². The third-order valence-electron chi connectivity index (χ3n) is 3.28. The van der Waals surface area contributed by atoms with E-state index in [0.717, 1.165) is 11.3 Å². The van der Waals surface area contributed by atoms with Crippen molar-refractivity contribution >= 4 is 11.8 Å². The summed E-state index contributed by atoms with van der Waals surface area (Å²) >= 11 is 0. The molecule has 0 radical (unpaired) electrons. The van der Waals surface area contributed by atoms with Gasteiger partial charge in [0.05, 0.1) is 18.7 Å². The summed E-state index contributed by atoms with van der Waals surface area (Å²) in [5.74, 6) is -0.619. The number of carbonyl (C=O) groups excluding carboxylic acids is 2. The molecule has 0 saturated heterocycles. The van der Waals surface area contributed by atoms with Crippen LogP contribution in [-0.4, -0.2) is 40.4 Å². The molecule has 0 spiro atoms. The second-order valence-electron chi connectivity index (χ2n) is 4.95. The average molecular weight is 317 g/mol. The van der Waals surface area contributed by atoms with Crippen LogP contribution < -0.4 is 15.8 Å². The summed E-state index contributed by atoms with van der Waals surface area (Å²) in [5, 5.41) is 12.2. The van der Waals surface area contributed by atoms with Crippen molar-refractivity contribution in [3.8, 4) is 5.75 Å². The van der Waals surface area contributed by atoms with Crippen LogP contribution in [0.25, 0.3) is 0 Å². The highest BCUT2D eigenvalue weighted by atomic mass is 16.5. The number of nitrogens with zero attached hydrogens (tertiary/aromatic N) is 2. The lowest BCUT2D eigenvalue weighted by Crippen LogP contribution is -2.37. The minimum atomic E-state index is -0.510. The number of primary amides is 1. The van der Waals surface area contributed by atoms with Gasteiger partial charge in [0.1, 0.15) is 5.75 Å². The molecular weight excluding hydrogens is 298 g/mol. The SMILES string of the molecule is CCOc1ccc(C[C@H](CNC(=O)c2cn[nH]n2)C(N)=O)cc1. The van der Waals surface area contributed by atoms with Gasteiger partial charge in [-0.1, -0.05) is 12.1 Å². The molecule has 1 aromatic carbocycles. The molecule has 2 aromatic rings. The minimum Gasteiger partial charge on any atom is -0.494 e. The normalized spacial score (nSPS) is 11.7. The minimum absolute atomic E-state index is 0.133. The van der Waals surface area contributed by atoms with E-state index in [9.17, 15) is 9.59 Å². The number of rotatable bonds is 8. The van der Waals surface area contributed by atoms with Crippen LogP contribution in [0.5, 0.6) is 5.75 Å². The number of carbonyl (C=O) groups is 2. The molecule has 0 aliphatic heterocycles. The molecule has 0 unspecified atom stereocenters. The largest absolute Gasteiger partial charge is 0.494 e. The summed E-state index contributed by atoms with van der Waals surface area (Å²) in [5.41, 5.74) is 6.52. The molecule has 122 valence electrons. The third-order valence-corrected chi connectivity index (χ3v) is 3.28. The van der Waals surface area contributed by atoms with E-state index in [-0.39, 0.29) is 12.2 Å². The maximum atomic E-state index is 11.8. The Bertz CT molecular complexity index is 640. The van der Waals surface area contributed by atoms with E-state index in [2.05, 4.69) is 20.7 Å². The van der Waals surface area contributed by atoms with Crippen molar-refractivity contribution in [2.24, 2.45) is 11.7 Å². The summed E-state index contributed by atoms with van der Waals surface area (Å²) in [6.45, 7) is 2.64. The van der Waals surface area contributed by atoms with Crippen LogP contribution in [0.2, 0.25) is 0 Å². The second-order valence-corrected chi connectivity index (χ2v) is 4.95. The molecule has 8 heteroatoms. The number of nitrogens with one attached hydrogen (secondary N) is 2. The first-order valence-corrected chi connectivity index (χ1v) is 7.25. The Morgan fingerprint density at radius 2 is 2.09 bits per heavy atom. The highest BCUT2D eigenvalue weighted by molar-refractivity contribution is 5.92. The molecule has 4 N–H and O–H groups in total. The molecule has 23 heavy (non-hydrogen) atoms. The van der Waals surface area contributed by atoms with Gasteiger partial charge in [-0.3, -0.25) is 9.59 Å². The first-order valence-electron chi connectivity index (χ1n) is 7.25. The smallest absolute Gasteiger partial charge is 0.273 e. The lowest BCUT2D eigenvalue weighted by Gasteiger charge is -2.14. The Labute approximate surface area is 133 Å². The van der Waals surface area contributed by atoms with Crippen LogP contribution in [0.3, 0.4) is 0 Å². The number of hydrogen-bond acceptors (Lipinski definition) is 5. The number of H-pyrrole nitrogens is 1. The van der Waals surface area contributed by atoms with Gasteiger partial charge in [0.25, 0.3) is 5.91 Å². The standard InChI is InChI=1S/C15H19N5O3/c1-2-23-12-5-3-10(4-6-12)7-11(14(16)21)8-17-15(22)13-9-18-20-19-13/h3-6,9,11H,2,7-8H2,1H3,(H2,16,21)(H,17,22)(H,18,19,20)/t11-/m1/s1. The van der Waals surface area contributed by atoms with Crippen LogP contribution in [0, 0.1) is 5.92 Å². The average Bonchev–Trinajstić information content (AvgIpc) is 3.07. The topological polar surface area (TPSA) is 123 Å². The van der Waals surface area contributed by atoms with E-state index >= 15 is 0 Å². The summed E-state index contributed by atoms with van der Waals surface area (Å²) in [6, 6.07) is 7.43. The van der Waals surface area contributed by atoms with Crippen LogP contribution in [0.4, 0.5) is 0 Å². The monoisotopic (exact) mass is 317 g/mol. The highest BCUT2D eigenvalue weighted by Crippen LogP contribution is 2.15. The van der Waals surface area contributed by atoms with E-state index in [1.54, 1.807) is 0 Å². The summed E-state index contributed by atoms with van der Waals surface area (Å²) in [4.78, 5) is 23.4. The Kier molecular flexibility index (Phi) is 5.67. The molecule has 2 amide bonds. The highest BCUT2D eigenvalue weighted by Gasteiger charge is 2.18. The Morgan fingerprint density at radius 1 is 1.35 bits per heavy atom. The molecule has 0 bridgehead atoms. The van der Waals surface area contributed by atoms with Crippen LogP contribution in [0.15, 0.2) is 30.5 Å². The summed E-state index contributed by atoms with van der Waals surface area (Å²) < 4.78 is 5.37. The Balaban J connectivity index is 1.93. The third kappa shape index (κ3) is 4.80. The predicted octanol–water partition coefficient (Wildman–Crippen LogP) is 0.277. The van der Waals surface area contributed by atoms with Crippen LogP contribution in [0.1, 0.15) is 23.0 Å². The number of aromatic amines is 1. The zero-order valence-electron chi connectivity index (χ0n) is 12.8. The molecular formula is C15H19N5O3. The number of benzene rings is 1. The van der Waals surface area contributed by atoms with E-state index in [0.29, 0.717) is 13.0 Å². The first-order chi connectivity index (χ1) is 11.1. The van der Waals surface area contributed by atoms with Crippen molar-refractivity contribution in [3.63, 3.8) is 0 Å². The molecule has 1 aromatic heterocycles. The lowest BCUT2D eigenvalue weighted by atomic mass is 9.98. The fourth-order valence-electron chi connectivity index (χ4n) is 2.06. The summed E-state index contributed by atoms with van der Waals surface area (Å²) in [7, 11) is 0. The quantitative estimate of drug-likeness (QED) is 0.645. The van der Waals surface area contributed by atoms with Crippen molar-refractivity contribution in [3.05, 3.63) is 41.7 Å². The molecule has 1 atom stereocenters. The van der Waals surface area contributed by atoms with Gasteiger partial charge in [0.2, 0.25) is 5.91 Å². The molecule has 0 aliphatic carbocycles. The number of aromatic nitrogens is 3. The predicted molar refractivity (Wildman–Crippen MR) is 82.7 cm³/mol. The molecule has 0 aliphatic rings. The van der Waals surface area contributed by atoms with E-state index in [4.69, 9.17) is 10.5 Å². The molecule has 8 nitrogen and oxygen atoms in total. The summed E-state index contributed by atoms with van der Waals surface area (Å²) in [6.07, 6.45) is 1.74. The van der Waals surface area contributed by atoms with Gasteiger partial charge in [-0.05, 0) is 31.0 Å². The molecule has 0 saturated carbocycles. The van der Waals surface area contributed by atoms with Gasteiger partial charge < -0.3 is 15.8 Å². The number of hydrogen-bond donors (Lipinski definition) is 3. The number of nitrogens with two attached hydrogens (primary N) is 1. The van der Waals surface area contributed by atoms with Gasteiger partial charge in [-0.15, -0.1) is 0 Å². The number of amides is 2. The van der Waals surface area contributed by atoms with Crippen LogP contribution >= 0.6 is 0 Å². The van der Waals surface area contributed by atoms with Crippen molar-refractivity contribution in [2.45, 2.75) is 13.3 Å². The second kappa shape index (κ2) is 7.92.